The molecule has 0 amide bonds. The summed E-state index contributed by atoms with van der Waals surface area (Å²) in [5.41, 5.74) is 8.00. The molecule has 0 aromatic carbocycles. The van der Waals surface area contributed by atoms with Gasteiger partial charge in [0.1, 0.15) is 5.69 Å². The average molecular weight is 190 g/mol. The van der Waals surface area contributed by atoms with Gasteiger partial charge in [0, 0.05) is 5.69 Å². The monoisotopic (exact) mass is 190 g/mol. The Kier molecular flexibility index (Phi) is 1.92. The third-order valence-electron chi connectivity index (χ3n) is 1.76. The van der Waals surface area contributed by atoms with Crippen molar-refractivity contribution in [2.45, 2.75) is 13.8 Å². The molecule has 2 aromatic heterocycles. The molecule has 0 bridgehead atoms. The predicted octanol–water partition coefficient (Wildman–Crippen LogP) is 1.33. The van der Waals surface area contributed by atoms with Crippen LogP contribution in [0.25, 0.3) is 11.6 Å². The van der Waals surface area contributed by atoms with Crippen molar-refractivity contribution in [3.63, 3.8) is 0 Å². The maximum atomic E-state index is 5.32. The highest BCUT2D eigenvalue weighted by Gasteiger charge is 2.08. The van der Waals surface area contributed by atoms with Gasteiger partial charge in [-0.1, -0.05) is 5.10 Å². The molecule has 0 aliphatic rings. The van der Waals surface area contributed by atoms with Gasteiger partial charge in [0.2, 0.25) is 0 Å². The van der Waals surface area contributed by atoms with Crippen LogP contribution < -0.4 is 5.73 Å². The molecule has 2 aromatic rings. The van der Waals surface area contributed by atoms with Gasteiger partial charge in [-0.25, -0.2) is 4.98 Å². The Labute approximate surface area is 81.0 Å². The van der Waals surface area contributed by atoms with Gasteiger partial charge < -0.3 is 10.2 Å². The number of hydrogen-bond acceptors (Lipinski definition) is 5. The Hall–Kier alpha value is -1.91. The Morgan fingerprint density at radius 2 is 2.00 bits per heavy atom. The molecule has 0 aliphatic carbocycles. The first-order chi connectivity index (χ1) is 6.65. The SMILES string of the molecule is Cc1cc(C)nc(-c2nnc(N)o2)c1. The van der Waals surface area contributed by atoms with Crippen LogP contribution in [0, 0.1) is 13.8 Å². The summed E-state index contributed by atoms with van der Waals surface area (Å²) in [6.45, 7) is 3.90. The van der Waals surface area contributed by atoms with Gasteiger partial charge in [0.25, 0.3) is 5.89 Å². The van der Waals surface area contributed by atoms with E-state index < -0.39 is 0 Å². The summed E-state index contributed by atoms with van der Waals surface area (Å²) in [5, 5.41) is 7.34. The van der Waals surface area contributed by atoms with E-state index in [1.165, 1.54) is 0 Å². The first-order valence-corrected chi connectivity index (χ1v) is 4.20. The largest absolute Gasteiger partial charge is 0.402 e. The van der Waals surface area contributed by atoms with Crippen molar-refractivity contribution in [1.29, 1.82) is 0 Å². The van der Waals surface area contributed by atoms with Crippen molar-refractivity contribution < 1.29 is 4.42 Å². The standard InChI is InChI=1S/C9H10N4O/c1-5-3-6(2)11-7(4-5)8-12-13-9(10)14-8/h3-4H,1-2H3,(H2,10,13). The normalized spacial score (nSPS) is 10.4. The second-order valence-corrected chi connectivity index (χ2v) is 3.12. The van der Waals surface area contributed by atoms with Gasteiger partial charge >= 0.3 is 6.01 Å². The van der Waals surface area contributed by atoms with E-state index in [1.807, 2.05) is 26.0 Å². The lowest BCUT2D eigenvalue weighted by molar-refractivity contribution is 0.587. The lowest BCUT2D eigenvalue weighted by atomic mass is 10.2. The molecule has 2 rings (SSSR count). The van der Waals surface area contributed by atoms with Crippen LogP contribution in [0.15, 0.2) is 16.5 Å². The maximum absolute atomic E-state index is 5.32. The van der Waals surface area contributed by atoms with Crippen LogP contribution in [-0.4, -0.2) is 15.2 Å². The van der Waals surface area contributed by atoms with Crippen molar-refractivity contribution >= 4 is 6.01 Å². The van der Waals surface area contributed by atoms with Gasteiger partial charge in [-0.05, 0) is 31.5 Å². The fourth-order valence-electron chi connectivity index (χ4n) is 1.29. The molecule has 0 saturated heterocycles. The fraction of sp³-hybridized carbons (Fsp3) is 0.222. The zero-order valence-electron chi connectivity index (χ0n) is 7.98. The van der Waals surface area contributed by atoms with E-state index in [9.17, 15) is 0 Å². The van der Waals surface area contributed by atoms with Gasteiger partial charge in [-0.15, -0.1) is 5.10 Å². The minimum atomic E-state index is 0.0564. The van der Waals surface area contributed by atoms with E-state index in [2.05, 4.69) is 15.2 Å². The van der Waals surface area contributed by atoms with Crippen LogP contribution >= 0.6 is 0 Å². The number of pyridine rings is 1. The van der Waals surface area contributed by atoms with Crippen LogP contribution in [-0.2, 0) is 0 Å². The Morgan fingerprint density at radius 3 is 2.57 bits per heavy atom. The quantitative estimate of drug-likeness (QED) is 0.733. The predicted molar refractivity (Wildman–Crippen MR) is 51.4 cm³/mol. The Bertz CT molecular complexity index is 443. The van der Waals surface area contributed by atoms with Crippen molar-refractivity contribution in [3.05, 3.63) is 23.4 Å². The first kappa shape index (κ1) is 8.68. The van der Waals surface area contributed by atoms with Crippen LogP contribution in [0.5, 0.6) is 0 Å². The van der Waals surface area contributed by atoms with Crippen LogP contribution in [0.2, 0.25) is 0 Å². The molecule has 2 heterocycles. The number of rotatable bonds is 1. The van der Waals surface area contributed by atoms with E-state index in [-0.39, 0.29) is 6.01 Å². The lowest BCUT2D eigenvalue weighted by Gasteiger charge is -1.98. The number of anilines is 1. The Balaban J connectivity index is 2.51. The molecule has 0 radical (unpaired) electrons. The zero-order chi connectivity index (χ0) is 10.1. The van der Waals surface area contributed by atoms with Crippen LogP contribution in [0.1, 0.15) is 11.3 Å². The molecule has 5 nitrogen and oxygen atoms in total. The number of nitrogens with zero attached hydrogens (tertiary/aromatic N) is 3. The summed E-state index contributed by atoms with van der Waals surface area (Å²) in [7, 11) is 0. The summed E-state index contributed by atoms with van der Waals surface area (Å²) < 4.78 is 5.07. The summed E-state index contributed by atoms with van der Waals surface area (Å²) in [4.78, 5) is 4.27. The number of nitrogens with two attached hydrogens (primary N) is 1. The molecule has 14 heavy (non-hydrogen) atoms. The molecule has 0 saturated carbocycles. The highest BCUT2D eigenvalue weighted by Crippen LogP contribution is 2.17. The minimum absolute atomic E-state index is 0.0564. The third-order valence-corrected chi connectivity index (χ3v) is 1.76. The van der Waals surface area contributed by atoms with E-state index in [1.54, 1.807) is 0 Å². The number of aromatic nitrogens is 3. The molecule has 0 fully saturated rings. The maximum Gasteiger partial charge on any atom is 0.313 e. The van der Waals surface area contributed by atoms with E-state index in [0.29, 0.717) is 11.6 Å². The molecule has 2 N–H and O–H groups in total. The molecule has 0 atom stereocenters. The van der Waals surface area contributed by atoms with Crippen molar-refractivity contribution in [3.8, 4) is 11.6 Å². The molecule has 0 spiro atoms. The summed E-state index contributed by atoms with van der Waals surface area (Å²) in [6, 6.07) is 3.91. The summed E-state index contributed by atoms with van der Waals surface area (Å²) in [5.74, 6) is 0.356. The minimum Gasteiger partial charge on any atom is -0.402 e. The molecule has 0 aliphatic heterocycles. The fourth-order valence-corrected chi connectivity index (χ4v) is 1.29. The van der Waals surface area contributed by atoms with E-state index in [0.717, 1.165) is 11.3 Å². The van der Waals surface area contributed by atoms with Gasteiger partial charge in [0.15, 0.2) is 0 Å². The highest BCUT2D eigenvalue weighted by atomic mass is 16.4. The molecule has 5 heteroatoms. The number of nitrogen functional groups attached to an aromatic ring is 1. The lowest BCUT2D eigenvalue weighted by Crippen LogP contribution is -1.88. The second-order valence-electron chi connectivity index (χ2n) is 3.12. The van der Waals surface area contributed by atoms with Crippen LogP contribution in [0.3, 0.4) is 0 Å². The smallest absolute Gasteiger partial charge is 0.313 e. The third kappa shape index (κ3) is 1.56. The van der Waals surface area contributed by atoms with Crippen LogP contribution in [0.4, 0.5) is 6.01 Å². The highest BCUT2D eigenvalue weighted by molar-refractivity contribution is 5.49. The van der Waals surface area contributed by atoms with Gasteiger partial charge in [-0.3, -0.25) is 0 Å². The zero-order valence-corrected chi connectivity index (χ0v) is 7.98. The topological polar surface area (TPSA) is 77.8 Å². The molecule has 72 valence electrons. The summed E-state index contributed by atoms with van der Waals surface area (Å²) >= 11 is 0. The van der Waals surface area contributed by atoms with E-state index in [4.69, 9.17) is 10.2 Å². The van der Waals surface area contributed by atoms with E-state index >= 15 is 0 Å². The average Bonchev–Trinajstić information content (AvgIpc) is 2.50. The number of aryl methyl sites for hydroxylation is 2. The van der Waals surface area contributed by atoms with Crippen molar-refractivity contribution in [2.75, 3.05) is 5.73 Å². The van der Waals surface area contributed by atoms with Crippen molar-refractivity contribution in [2.24, 2.45) is 0 Å². The van der Waals surface area contributed by atoms with Gasteiger partial charge in [0.05, 0.1) is 0 Å². The van der Waals surface area contributed by atoms with Gasteiger partial charge in [-0.2, -0.15) is 0 Å². The molecular weight excluding hydrogens is 180 g/mol. The number of hydrogen-bond donors (Lipinski definition) is 1. The van der Waals surface area contributed by atoms with Crippen molar-refractivity contribution in [1.82, 2.24) is 15.2 Å². The molecular formula is C9H10N4O. The summed E-state index contributed by atoms with van der Waals surface area (Å²) in [6.07, 6.45) is 0. The first-order valence-electron chi connectivity index (χ1n) is 4.20. The second kappa shape index (κ2) is 3.10. The molecule has 0 unspecified atom stereocenters. The Morgan fingerprint density at radius 1 is 1.21 bits per heavy atom.